The quantitative estimate of drug-likeness (QED) is 0.516. The lowest BCUT2D eigenvalue weighted by molar-refractivity contribution is 0.897. The van der Waals surface area contributed by atoms with Gasteiger partial charge in [0.05, 0.1) is 0 Å². The van der Waals surface area contributed by atoms with Crippen LogP contribution >= 0.6 is 24.4 Å². The molecule has 4 aromatic heterocycles. The molecule has 0 aromatic carbocycles. The Morgan fingerprint density at radius 3 is 1.42 bits per heavy atom. The molecule has 0 saturated heterocycles. The molecular weight excluding hydrogens is 368 g/mol. The molecule has 4 heterocycles. The van der Waals surface area contributed by atoms with E-state index in [0.29, 0.717) is 9.54 Å². The third kappa shape index (κ3) is 3.81. The summed E-state index contributed by atoms with van der Waals surface area (Å²) in [4.78, 5) is 8.35. The summed E-state index contributed by atoms with van der Waals surface area (Å²) in [5, 5.41) is 13.6. The van der Waals surface area contributed by atoms with Gasteiger partial charge in [-0.25, -0.2) is 0 Å². The van der Waals surface area contributed by atoms with E-state index in [1.165, 1.54) is 0 Å². The van der Waals surface area contributed by atoms with Gasteiger partial charge in [0.2, 0.25) is 0 Å². The number of pyridine rings is 2. The van der Waals surface area contributed by atoms with Crippen LogP contribution in [0.1, 0.15) is 0 Å². The third-order valence-corrected chi connectivity index (χ3v) is 4.28. The first kappa shape index (κ1) is 17.8. The van der Waals surface area contributed by atoms with Crippen molar-refractivity contribution in [2.45, 2.75) is 0 Å². The fourth-order valence-corrected chi connectivity index (χ4v) is 2.41. The molecule has 0 aliphatic heterocycles. The number of H-pyrrole nitrogens is 2. The van der Waals surface area contributed by atoms with Gasteiger partial charge in [-0.3, -0.25) is 20.2 Å². The van der Waals surface area contributed by atoms with Crippen molar-refractivity contribution in [3.8, 4) is 23.0 Å². The Balaban J connectivity index is 0.000000151. The predicted octanol–water partition coefficient (Wildman–Crippen LogP) is 3.08. The van der Waals surface area contributed by atoms with Crippen LogP contribution in [0, 0.1) is 9.54 Å². The van der Waals surface area contributed by atoms with Crippen molar-refractivity contribution in [1.82, 2.24) is 39.5 Å². The van der Waals surface area contributed by atoms with E-state index in [9.17, 15) is 0 Å². The summed E-state index contributed by atoms with van der Waals surface area (Å²) in [5.41, 5.74) is 1.63. The molecule has 0 aliphatic carbocycles. The van der Waals surface area contributed by atoms with Gasteiger partial charge in [0.25, 0.3) is 0 Å². The smallest absolute Gasteiger partial charge is 0.195 e. The van der Waals surface area contributed by atoms with Crippen LogP contribution in [0.15, 0.2) is 48.8 Å². The molecule has 4 aromatic rings. The molecule has 10 heteroatoms. The highest BCUT2D eigenvalue weighted by Gasteiger charge is 2.05. The minimum absolute atomic E-state index is 0.598. The fourth-order valence-electron chi connectivity index (χ4n) is 2.14. The molecule has 0 unspecified atom stereocenters. The zero-order valence-corrected chi connectivity index (χ0v) is 15.8. The Labute approximate surface area is 159 Å². The van der Waals surface area contributed by atoms with Crippen LogP contribution in [0.5, 0.6) is 0 Å². The van der Waals surface area contributed by atoms with Gasteiger partial charge in [0.1, 0.15) is 11.4 Å². The van der Waals surface area contributed by atoms with Crippen molar-refractivity contribution in [3.05, 3.63) is 58.3 Å². The molecule has 0 saturated carbocycles. The van der Waals surface area contributed by atoms with Crippen LogP contribution in [-0.2, 0) is 14.1 Å². The second kappa shape index (κ2) is 7.93. The highest BCUT2D eigenvalue weighted by atomic mass is 32.1. The van der Waals surface area contributed by atoms with Crippen LogP contribution in [-0.4, -0.2) is 39.5 Å². The summed E-state index contributed by atoms with van der Waals surface area (Å²) < 4.78 is 4.77. The number of rotatable bonds is 2. The van der Waals surface area contributed by atoms with E-state index in [1.54, 1.807) is 21.5 Å². The Morgan fingerprint density at radius 2 is 1.15 bits per heavy atom. The van der Waals surface area contributed by atoms with Gasteiger partial charge in [-0.2, -0.15) is 10.2 Å². The normalized spacial score (nSPS) is 10.2. The summed E-state index contributed by atoms with van der Waals surface area (Å²) >= 11 is 9.98. The van der Waals surface area contributed by atoms with Gasteiger partial charge in [0, 0.05) is 26.5 Å². The largest absolute Gasteiger partial charge is 0.302 e. The van der Waals surface area contributed by atoms with Crippen molar-refractivity contribution in [2.24, 2.45) is 14.1 Å². The molecule has 132 valence electrons. The standard InChI is InChI=1S/2C8H8N4S/c2*1-12-7(10-11-8(12)13)6-4-2-3-5-9-6/h2*2-5H,1H3,(H,11,13). The molecule has 0 amide bonds. The first-order valence-corrected chi connectivity index (χ1v) is 8.45. The lowest BCUT2D eigenvalue weighted by atomic mass is 10.3. The van der Waals surface area contributed by atoms with Gasteiger partial charge in [-0.1, -0.05) is 12.1 Å². The van der Waals surface area contributed by atoms with Crippen LogP contribution in [0.25, 0.3) is 23.0 Å². The highest BCUT2D eigenvalue weighted by molar-refractivity contribution is 7.71. The van der Waals surface area contributed by atoms with Crippen molar-refractivity contribution in [2.75, 3.05) is 0 Å². The predicted molar refractivity (Wildman–Crippen MR) is 103 cm³/mol. The van der Waals surface area contributed by atoms with Gasteiger partial charge >= 0.3 is 0 Å². The van der Waals surface area contributed by atoms with E-state index < -0.39 is 0 Å². The van der Waals surface area contributed by atoms with Gasteiger partial charge in [-0.05, 0) is 48.7 Å². The molecular formula is C16H16N8S2. The number of nitrogens with zero attached hydrogens (tertiary/aromatic N) is 6. The summed E-state index contributed by atoms with van der Waals surface area (Å²) in [7, 11) is 3.71. The highest BCUT2D eigenvalue weighted by Crippen LogP contribution is 2.12. The van der Waals surface area contributed by atoms with Crippen molar-refractivity contribution in [3.63, 3.8) is 0 Å². The zero-order valence-electron chi connectivity index (χ0n) is 14.1. The van der Waals surface area contributed by atoms with Crippen molar-refractivity contribution >= 4 is 24.4 Å². The topological polar surface area (TPSA) is 93.0 Å². The molecule has 0 radical (unpaired) electrons. The average molecular weight is 384 g/mol. The first-order valence-electron chi connectivity index (χ1n) is 7.63. The SMILES string of the molecule is Cn1c(-c2ccccn2)n[nH]c1=S.Cn1c(-c2ccccn2)n[nH]c1=S. The Bertz CT molecular complexity index is 1000. The van der Waals surface area contributed by atoms with E-state index in [0.717, 1.165) is 23.0 Å². The van der Waals surface area contributed by atoms with Crippen molar-refractivity contribution < 1.29 is 0 Å². The lowest BCUT2D eigenvalue weighted by Gasteiger charge is -1.97. The summed E-state index contributed by atoms with van der Waals surface area (Å²) in [6.07, 6.45) is 3.46. The monoisotopic (exact) mass is 384 g/mol. The second-order valence-electron chi connectivity index (χ2n) is 5.25. The minimum atomic E-state index is 0.598. The van der Waals surface area contributed by atoms with Gasteiger partial charge in [-0.15, -0.1) is 0 Å². The molecule has 8 nitrogen and oxygen atoms in total. The molecule has 0 aliphatic rings. The van der Waals surface area contributed by atoms with E-state index >= 15 is 0 Å². The van der Waals surface area contributed by atoms with Gasteiger partial charge in [0.15, 0.2) is 21.2 Å². The van der Waals surface area contributed by atoms with E-state index in [-0.39, 0.29) is 0 Å². The van der Waals surface area contributed by atoms with Crippen LogP contribution in [0.3, 0.4) is 0 Å². The lowest BCUT2D eigenvalue weighted by Crippen LogP contribution is -1.93. The molecule has 0 spiro atoms. The number of aromatic nitrogens is 8. The van der Waals surface area contributed by atoms with Crippen LogP contribution < -0.4 is 0 Å². The Hall–Kier alpha value is -2.98. The van der Waals surface area contributed by atoms with Crippen LogP contribution in [0.4, 0.5) is 0 Å². The molecule has 0 atom stereocenters. The molecule has 26 heavy (non-hydrogen) atoms. The average Bonchev–Trinajstić information content (AvgIpc) is 3.19. The Morgan fingerprint density at radius 1 is 0.731 bits per heavy atom. The Kier molecular flexibility index (Phi) is 5.44. The number of hydrogen-bond acceptors (Lipinski definition) is 6. The van der Waals surface area contributed by atoms with E-state index in [4.69, 9.17) is 24.4 Å². The maximum Gasteiger partial charge on any atom is 0.195 e. The molecule has 2 N–H and O–H groups in total. The fraction of sp³-hybridized carbons (Fsp3) is 0.125. The number of hydrogen-bond donors (Lipinski definition) is 2. The zero-order chi connectivity index (χ0) is 18.5. The third-order valence-electron chi connectivity index (χ3n) is 3.55. The first-order chi connectivity index (χ1) is 12.6. The summed E-state index contributed by atoms with van der Waals surface area (Å²) in [6, 6.07) is 11.4. The maximum absolute atomic E-state index is 4.99. The van der Waals surface area contributed by atoms with E-state index in [2.05, 4.69) is 30.4 Å². The number of nitrogens with one attached hydrogen (secondary N) is 2. The van der Waals surface area contributed by atoms with E-state index in [1.807, 2.05) is 50.5 Å². The van der Waals surface area contributed by atoms with Crippen molar-refractivity contribution in [1.29, 1.82) is 0 Å². The van der Waals surface area contributed by atoms with Gasteiger partial charge < -0.3 is 9.13 Å². The minimum Gasteiger partial charge on any atom is -0.302 e. The van der Waals surface area contributed by atoms with Crippen LogP contribution in [0.2, 0.25) is 0 Å². The summed E-state index contributed by atoms with van der Waals surface area (Å²) in [5.74, 6) is 1.51. The molecule has 0 bridgehead atoms. The maximum atomic E-state index is 4.99. The summed E-state index contributed by atoms with van der Waals surface area (Å²) in [6.45, 7) is 0. The molecule has 4 rings (SSSR count). The molecule has 0 fully saturated rings. The number of aromatic amines is 2. The second-order valence-corrected chi connectivity index (χ2v) is 6.03.